The smallest absolute Gasteiger partial charge is 0.550 e. The Labute approximate surface area is 233 Å². The van der Waals surface area contributed by atoms with E-state index in [2.05, 4.69) is 48.6 Å². The SMILES string of the molecule is C[C@@H](CSC1c2ccccc2COc2ccc(/C=C/c3ccc4c(n3)CCCC4)cc21)C(=O)[O-].[Na+]. The fourth-order valence-corrected chi connectivity index (χ4v) is 6.00. The Hall–Kier alpha value is -2.05. The van der Waals surface area contributed by atoms with Gasteiger partial charge in [0.2, 0.25) is 0 Å². The van der Waals surface area contributed by atoms with Crippen molar-refractivity contribution in [2.75, 3.05) is 5.75 Å². The average Bonchev–Trinajstić information content (AvgIpc) is 3.02. The van der Waals surface area contributed by atoms with Crippen LogP contribution in [0, 0.1) is 5.92 Å². The number of benzene rings is 2. The number of fused-ring (bicyclic) bond motifs is 3. The number of aryl methyl sites for hydroxylation is 2. The molecule has 1 aliphatic carbocycles. The quantitative estimate of drug-likeness (QED) is 0.493. The van der Waals surface area contributed by atoms with E-state index in [0.29, 0.717) is 12.4 Å². The Kier molecular flexibility index (Phi) is 8.77. The second-order valence-corrected chi connectivity index (χ2v) is 10.2. The molecule has 35 heavy (non-hydrogen) atoms. The van der Waals surface area contributed by atoms with E-state index in [-0.39, 0.29) is 34.8 Å². The van der Waals surface area contributed by atoms with Gasteiger partial charge in [-0.05, 0) is 72.2 Å². The van der Waals surface area contributed by atoms with E-state index in [1.165, 1.54) is 29.7 Å². The Morgan fingerprint density at radius 1 is 1.09 bits per heavy atom. The predicted molar refractivity (Wildman–Crippen MR) is 135 cm³/mol. The van der Waals surface area contributed by atoms with Crippen molar-refractivity contribution >= 4 is 29.9 Å². The number of aromatic nitrogens is 1. The number of carboxylic acids is 1. The van der Waals surface area contributed by atoms with E-state index in [9.17, 15) is 9.90 Å². The molecule has 4 nitrogen and oxygen atoms in total. The minimum absolute atomic E-state index is 0. The molecule has 0 spiro atoms. The van der Waals surface area contributed by atoms with Crippen LogP contribution in [0.4, 0.5) is 0 Å². The summed E-state index contributed by atoms with van der Waals surface area (Å²) in [6, 6.07) is 18.8. The van der Waals surface area contributed by atoms with Crippen LogP contribution in [0.2, 0.25) is 0 Å². The number of carbonyl (C=O) groups is 1. The van der Waals surface area contributed by atoms with E-state index in [4.69, 9.17) is 9.72 Å². The van der Waals surface area contributed by atoms with Crippen LogP contribution in [0.5, 0.6) is 5.75 Å². The number of aliphatic carboxylic acids is 1. The van der Waals surface area contributed by atoms with Gasteiger partial charge in [-0.15, -0.1) is 11.8 Å². The number of rotatable bonds is 6. The van der Waals surface area contributed by atoms with E-state index in [1.54, 1.807) is 18.7 Å². The van der Waals surface area contributed by atoms with Crippen molar-refractivity contribution in [2.45, 2.75) is 44.5 Å². The number of nitrogens with zero attached hydrogens (tertiary/aromatic N) is 1. The number of hydrogen-bond acceptors (Lipinski definition) is 5. The van der Waals surface area contributed by atoms with Gasteiger partial charge in [0.25, 0.3) is 0 Å². The molecule has 0 saturated carbocycles. The number of thioether (sulfide) groups is 1. The molecule has 1 unspecified atom stereocenters. The molecule has 0 saturated heterocycles. The van der Waals surface area contributed by atoms with Crippen molar-refractivity contribution in [3.8, 4) is 5.75 Å². The van der Waals surface area contributed by atoms with Crippen molar-refractivity contribution in [1.29, 1.82) is 0 Å². The van der Waals surface area contributed by atoms with Gasteiger partial charge in [0.15, 0.2) is 0 Å². The number of carboxylic acid groups (broad SMARTS) is 1. The maximum atomic E-state index is 11.3. The monoisotopic (exact) mass is 493 g/mol. The molecule has 5 rings (SSSR count). The molecule has 3 aromatic rings. The number of ether oxygens (including phenoxy) is 1. The molecular weight excluding hydrogens is 465 g/mol. The molecule has 0 radical (unpaired) electrons. The Morgan fingerprint density at radius 2 is 1.91 bits per heavy atom. The van der Waals surface area contributed by atoms with E-state index in [0.717, 1.165) is 41.0 Å². The molecule has 1 aromatic heterocycles. The third-order valence-electron chi connectivity index (χ3n) is 6.60. The summed E-state index contributed by atoms with van der Waals surface area (Å²) in [7, 11) is 0. The molecule has 174 valence electrons. The molecular formula is C29H28NNaO3S. The van der Waals surface area contributed by atoms with Crippen molar-refractivity contribution in [1.82, 2.24) is 4.98 Å². The predicted octanol–water partition coefficient (Wildman–Crippen LogP) is 2.24. The van der Waals surface area contributed by atoms with Gasteiger partial charge in [-0.2, -0.15) is 0 Å². The van der Waals surface area contributed by atoms with E-state index >= 15 is 0 Å². The average molecular weight is 494 g/mol. The zero-order valence-corrected chi connectivity index (χ0v) is 23.1. The summed E-state index contributed by atoms with van der Waals surface area (Å²) < 4.78 is 6.16. The molecule has 1 aliphatic heterocycles. The third kappa shape index (κ3) is 6.03. The largest absolute Gasteiger partial charge is 1.00 e. The first-order valence-corrected chi connectivity index (χ1v) is 13.0. The zero-order chi connectivity index (χ0) is 23.5. The first kappa shape index (κ1) is 26.0. The molecule has 0 fully saturated rings. The van der Waals surface area contributed by atoms with Crippen molar-refractivity contribution in [3.63, 3.8) is 0 Å². The van der Waals surface area contributed by atoms with Crippen LogP contribution in [0.1, 0.15) is 64.2 Å². The summed E-state index contributed by atoms with van der Waals surface area (Å²) >= 11 is 1.63. The molecule has 0 amide bonds. The standard InChI is InChI=1S/C29H29NO3S.Na/c1-19(29(31)32)18-34-28-24-8-4-2-7-22(24)17-33-27-15-11-20(16-25(27)28)10-13-23-14-12-21-6-3-5-9-26(21)30-23;/h2,4,7-8,10-16,19,28H,3,5-6,9,17-18H2,1H3,(H,31,32);/q;+1/p-1/b13-10+;/t19-,28?;/m0./s1. The normalized spacial score (nSPS) is 17.2. The van der Waals surface area contributed by atoms with Crippen LogP contribution in [0.25, 0.3) is 12.2 Å². The van der Waals surface area contributed by atoms with Gasteiger partial charge in [-0.1, -0.05) is 49.4 Å². The topological polar surface area (TPSA) is 62.2 Å². The van der Waals surface area contributed by atoms with Crippen LogP contribution in [-0.4, -0.2) is 16.7 Å². The van der Waals surface area contributed by atoms with Gasteiger partial charge in [0, 0.05) is 28.9 Å². The van der Waals surface area contributed by atoms with Gasteiger partial charge >= 0.3 is 29.6 Å². The fraction of sp³-hybridized carbons (Fsp3) is 0.310. The number of hydrogen-bond donors (Lipinski definition) is 0. The van der Waals surface area contributed by atoms with Crippen molar-refractivity contribution in [2.24, 2.45) is 5.92 Å². The second kappa shape index (κ2) is 11.8. The summed E-state index contributed by atoms with van der Waals surface area (Å²) in [4.78, 5) is 16.2. The Balaban J connectivity index is 0.00000289. The van der Waals surface area contributed by atoms with Crippen molar-refractivity contribution in [3.05, 3.63) is 93.8 Å². The summed E-state index contributed by atoms with van der Waals surface area (Å²) in [5.41, 5.74) is 8.04. The van der Waals surface area contributed by atoms with Crippen LogP contribution in [0.3, 0.4) is 0 Å². The molecule has 0 N–H and O–H groups in total. The first-order chi connectivity index (χ1) is 16.6. The Bertz CT molecular complexity index is 1240. The number of carbonyl (C=O) groups excluding carboxylic acids is 1. The van der Waals surface area contributed by atoms with E-state index < -0.39 is 11.9 Å². The van der Waals surface area contributed by atoms with Crippen LogP contribution in [-0.2, 0) is 24.2 Å². The minimum Gasteiger partial charge on any atom is -0.550 e. The fourth-order valence-electron chi connectivity index (χ4n) is 4.61. The van der Waals surface area contributed by atoms with Gasteiger partial charge < -0.3 is 14.6 Å². The third-order valence-corrected chi connectivity index (χ3v) is 8.13. The van der Waals surface area contributed by atoms with Gasteiger partial charge in [-0.3, -0.25) is 4.98 Å². The summed E-state index contributed by atoms with van der Waals surface area (Å²) in [6.07, 6.45) is 8.84. The van der Waals surface area contributed by atoms with Crippen LogP contribution >= 0.6 is 11.8 Å². The summed E-state index contributed by atoms with van der Waals surface area (Å²) in [6.45, 7) is 2.21. The zero-order valence-electron chi connectivity index (χ0n) is 20.3. The van der Waals surface area contributed by atoms with Crippen LogP contribution < -0.4 is 39.4 Å². The molecule has 2 aromatic carbocycles. The molecule has 6 heteroatoms. The minimum atomic E-state index is -1.01. The molecule has 0 bridgehead atoms. The summed E-state index contributed by atoms with van der Waals surface area (Å²) in [5, 5.41) is 11.3. The molecule has 2 atom stereocenters. The van der Waals surface area contributed by atoms with Gasteiger partial charge in [0.05, 0.1) is 10.9 Å². The van der Waals surface area contributed by atoms with Gasteiger partial charge in [0.1, 0.15) is 12.4 Å². The second-order valence-electron chi connectivity index (χ2n) is 9.10. The maximum absolute atomic E-state index is 11.3. The van der Waals surface area contributed by atoms with Gasteiger partial charge in [-0.25, -0.2) is 0 Å². The number of pyridine rings is 1. The molecule has 2 heterocycles. The Morgan fingerprint density at radius 3 is 2.77 bits per heavy atom. The molecule has 2 aliphatic rings. The van der Waals surface area contributed by atoms with Crippen LogP contribution in [0.15, 0.2) is 54.6 Å². The summed E-state index contributed by atoms with van der Waals surface area (Å²) in [5.74, 6) is -0.221. The first-order valence-electron chi connectivity index (χ1n) is 11.9. The maximum Gasteiger partial charge on any atom is 1.00 e. The van der Waals surface area contributed by atoms with Crippen molar-refractivity contribution < 1.29 is 44.2 Å². The van der Waals surface area contributed by atoms with E-state index in [1.807, 2.05) is 18.2 Å².